The Kier molecular flexibility index (Phi) is 5.47. The Hall–Kier alpha value is -2.40. The standard InChI is InChI=1S/C20H26N8OS/c21-14-1-3-27(4-2-14)12-15-9-16-17(30-15)19(28-5-7-29-8-6-28)26-18(25-16)13-10-23-20(22)24-11-13/h9-11,14H,1-8,12,21H2,(H2,22,23,24). The van der Waals surface area contributed by atoms with E-state index in [4.69, 9.17) is 26.2 Å². The van der Waals surface area contributed by atoms with E-state index in [1.807, 2.05) is 0 Å². The molecule has 158 valence electrons. The Labute approximate surface area is 179 Å². The lowest BCUT2D eigenvalue weighted by atomic mass is 10.1. The highest BCUT2D eigenvalue weighted by Crippen LogP contribution is 2.35. The molecule has 0 bridgehead atoms. The fraction of sp³-hybridized carbons (Fsp3) is 0.500. The number of ether oxygens (including phenoxy) is 1. The summed E-state index contributed by atoms with van der Waals surface area (Å²) in [6.07, 6.45) is 5.48. The largest absolute Gasteiger partial charge is 0.378 e. The molecule has 5 heterocycles. The molecule has 2 fully saturated rings. The van der Waals surface area contributed by atoms with Gasteiger partial charge in [0.15, 0.2) is 11.6 Å². The highest BCUT2D eigenvalue weighted by molar-refractivity contribution is 7.19. The van der Waals surface area contributed by atoms with Crippen molar-refractivity contribution >= 4 is 33.3 Å². The van der Waals surface area contributed by atoms with Gasteiger partial charge in [0.25, 0.3) is 0 Å². The molecule has 0 radical (unpaired) electrons. The minimum atomic E-state index is 0.243. The van der Waals surface area contributed by atoms with Crippen molar-refractivity contribution in [2.24, 2.45) is 5.73 Å². The molecule has 3 aromatic rings. The van der Waals surface area contributed by atoms with Gasteiger partial charge in [-0.2, -0.15) is 0 Å². The van der Waals surface area contributed by atoms with Crippen LogP contribution in [-0.4, -0.2) is 70.3 Å². The van der Waals surface area contributed by atoms with Crippen molar-refractivity contribution in [3.05, 3.63) is 23.3 Å². The van der Waals surface area contributed by atoms with Gasteiger partial charge in [0, 0.05) is 42.9 Å². The Morgan fingerprint density at radius 1 is 1.07 bits per heavy atom. The van der Waals surface area contributed by atoms with Crippen molar-refractivity contribution in [1.82, 2.24) is 24.8 Å². The van der Waals surface area contributed by atoms with E-state index in [1.54, 1.807) is 23.7 Å². The van der Waals surface area contributed by atoms with Gasteiger partial charge in [-0.15, -0.1) is 11.3 Å². The van der Waals surface area contributed by atoms with Crippen LogP contribution in [0.25, 0.3) is 21.6 Å². The molecule has 2 saturated heterocycles. The molecule has 2 aliphatic rings. The van der Waals surface area contributed by atoms with Crippen LogP contribution in [-0.2, 0) is 11.3 Å². The summed E-state index contributed by atoms with van der Waals surface area (Å²) in [5, 5.41) is 0. The number of nitrogen functional groups attached to an aromatic ring is 1. The quantitative estimate of drug-likeness (QED) is 0.639. The third kappa shape index (κ3) is 4.08. The summed E-state index contributed by atoms with van der Waals surface area (Å²) in [6, 6.07) is 2.54. The molecular formula is C20H26N8OS. The second kappa shape index (κ2) is 8.38. The molecule has 0 unspecified atom stereocenters. The normalized spacial score (nSPS) is 18.9. The van der Waals surface area contributed by atoms with E-state index < -0.39 is 0 Å². The predicted octanol–water partition coefficient (Wildman–Crippen LogP) is 1.49. The van der Waals surface area contributed by atoms with Crippen LogP contribution in [0.15, 0.2) is 18.5 Å². The molecule has 0 aromatic carbocycles. The molecule has 9 nitrogen and oxygen atoms in total. The van der Waals surface area contributed by atoms with Gasteiger partial charge in [0.2, 0.25) is 5.95 Å². The Bertz CT molecular complexity index is 1010. The first-order valence-electron chi connectivity index (χ1n) is 10.3. The summed E-state index contributed by atoms with van der Waals surface area (Å²) < 4.78 is 6.67. The summed E-state index contributed by atoms with van der Waals surface area (Å²) in [6.45, 7) is 6.08. The van der Waals surface area contributed by atoms with Crippen molar-refractivity contribution < 1.29 is 4.74 Å². The van der Waals surface area contributed by atoms with Gasteiger partial charge in [0.1, 0.15) is 0 Å². The number of thiophene rings is 1. The Morgan fingerprint density at radius 2 is 1.80 bits per heavy atom. The van der Waals surface area contributed by atoms with Crippen molar-refractivity contribution in [1.29, 1.82) is 0 Å². The van der Waals surface area contributed by atoms with Crippen molar-refractivity contribution in [3.63, 3.8) is 0 Å². The number of nitrogens with two attached hydrogens (primary N) is 2. The SMILES string of the molecule is Nc1ncc(-c2nc(N3CCOCC3)c3sc(CN4CCC(N)CC4)cc3n2)cn1. The maximum absolute atomic E-state index is 6.06. The first-order valence-corrected chi connectivity index (χ1v) is 11.2. The molecule has 0 amide bonds. The van der Waals surface area contributed by atoms with Gasteiger partial charge in [0.05, 0.1) is 29.0 Å². The highest BCUT2D eigenvalue weighted by atomic mass is 32.1. The lowest BCUT2D eigenvalue weighted by Crippen LogP contribution is -2.39. The molecule has 3 aromatic heterocycles. The van der Waals surface area contributed by atoms with Crippen molar-refractivity contribution in [2.75, 3.05) is 50.0 Å². The lowest BCUT2D eigenvalue weighted by molar-refractivity contribution is 0.122. The molecule has 4 N–H and O–H groups in total. The van der Waals surface area contributed by atoms with E-state index in [0.717, 1.165) is 67.2 Å². The van der Waals surface area contributed by atoms with Crippen LogP contribution >= 0.6 is 11.3 Å². The average Bonchev–Trinajstić information content (AvgIpc) is 3.18. The fourth-order valence-corrected chi connectivity index (χ4v) is 5.10. The van der Waals surface area contributed by atoms with Crippen LogP contribution in [0.2, 0.25) is 0 Å². The minimum absolute atomic E-state index is 0.243. The van der Waals surface area contributed by atoms with Gasteiger partial charge in [-0.1, -0.05) is 0 Å². The second-order valence-corrected chi connectivity index (χ2v) is 8.98. The second-order valence-electron chi connectivity index (χ2n) is 7.84. The monoisotopic (exact) mass is 426 g/mol. The summed E-state index contributed by atoms with van der Waals surface area (Å²) in [7, 11) is 0. The minimum Gasteiger partial charge on any atom is -0.378 e. The number of aromatic nitrogens is 4. The van der Waals surface area contributed by atoms with E-state index in [1.165, 1.54) is 4.88 Å². The van der Waals surface area contributed by atoms with Gasteiger partial charge in [-0.05, 0) is 32.0 Å². The third-order valence-electron chi connectivity index (χ3n) is 5.66. The predicted molar refractivity (Wildman–Crippen MR) is 118 cm³/mol. The molecule has 10 heteroatoms. The Balaban J connectivity index is 1.51. The number of hydrogen-bond donors (Lipinski definition) is 2. The maximum Gasteiger partial charge on any atom is 0.219 e. The van der Waals surface area contributed by atoms with Gasteiger partial charge in [-0.3, -0.25) is 4.90 Å². The molecular weight excluding hydrogens is 400 g/mol. The highest BCUT2D eigenvalue weighted by Gasteiger charge is 2.22. The summed E-state index contributed by atoms with van der Waals surface area (Å²) in [4.78, 5) is 24.0. The summed E-state index contributed by atoms with van der Waals surface area (Å²) >= 11 is 1.79. The first-order chi connectivity index (χ1) is 14.7. The number of likely N-dealkylation sites (tertiary alicyclic amines) is 1. The molecule has 0 aliphatic carbocycles. The summed E-state index contributed by atoms with van der Waals surface area (Å²) in [5.74, 6) is 1.83. The van der Waals surface area contributed by atoms with Crippen LogP contribution in [0, 0.1) is 0 Å². The number of piperidine rings is 1. The van der Waals surface area contributed by atoms with E-state index in [9.17, 15) is 0 Å². The fourth-order valence-electron chi connectivity index (χ4n) is 3.95. The van der Waals surface area contributed by atoms with Gasteiger partial charge >= 0.3 is 0 Å². The van der Waals surface area contributed by atoms with Crippen molar-refractivity contribution in [3.8, 4) is 11.4 Å². The molecule has 0 saturated carbocycles. The van der Waals surface area contributed by atoms with Gasteiger partial charge in [-0.25, -0.2) is 19.9 Å². The third-order valence-corrected chi connectivity index (χ3v) is 6.76. The van der Waals surface area contributed by atoms with Gasteiger partial charge < -0.3 is 21.1 Å². The zero-order valence-corrected chi connectivity index (χ0v) is 17.6. The molecule has 5 rings (SSSR count). The lowest BCUT2D eigenvalue weighted by Gasteiger charge is -2.29. The van der Waals surface area contributed by atoms with Crippen LogP contribution in [0.1, 0.15) is 17.7 Å². The molecule has 0 spiro atoms. The topological polar surface area (TPSA) is 119 Å². The smallest absolute Gasteiger partial charge is 0.219 e. The zero-order chi connectivity index (χ0) is 20.5. The number of nitrogens with zero attached hydrogens (tertiary/aromatic N) is 6. The number of hydrogen-bond acceptors (Lipinski definition) is 10. The Morgan fingerprint density at radius 3 is 2.53 bits per heavy atom. The number of morpholine rings is 1. The van der Waals surface area contributed by atoms with E-state index in [0.29, 0.717) is 25.1 Å². The number of fused-ring (bicyclic) bond motifs is 1. The van der Waals surface area contributed by atoms with Crippen LogP contribution < -0.4 is 16.4 Å². The van der Waals surface area contributed by atoms with Crippen molar-refractivity contribution in [2.45, 2.75) is 25.4 Å². The number of anilines is 2. The first kappa shape index (κ1) is 19.6. The van der Waals surface area contributed by atoms with E-state index in [2.05, 4.69) is 25.8 Å². The number of rotatable bonds is 4. The molecule has 0 atom stereocenters. The van der Waals surface area contributed by atoms with E-state index in [-0.39, 0.29) is 5.95 Å². The summed E-state index contributed by atoms with van der Waals surface area (Å²) in [5.41, 5.74) is 13.4. The van der Waals surface area contributed by atoms with Crippen LogP contribution in [0.5, 0.6) is 0 Å². The average molecular weight is 427 g/mol. The zero-order valence-electron chi connectivity index (χ0n) is 16.8. The molecule has 2 aliphatic heterocycles. The maximum atomic E-state index is 6.06. The van der Waals surface area contributed by atoms with Crippen LogP contribution in [0.3, 0.4) is 0 Å². The van der Waals surface area contributed by atoms with E-state index >= 15 is 0 Å². The molecule has 30 heavy (non-hydrogen) atoms. The van der Waals surface area contributed by atoms with Crippen LogP contribution in [0.4, 0.5) is 11.8 Å².